The highest BCUT2D eigenvalue weighted by Crippen LogP contribution is 2.18. The Bertz CT molecular complexity index is 736. The van der Waals surface area contributed by atoms with Crippen molar-refractivity contribution in [2.24, 2.45) is 0 Å². The molecule has 20 heavy (non-hydrogen) atoms. The minimum absolute atomic E-state index is 0.214. The van der Waals surface area contributed by atoms with Crippen LogP contribution in [0.25, 0.3) is 5.69 Å². The zero-order valence-electron chi connectivity index (χ0n) is 10.5. The molecule has 0 bridgehead atoms. The Labute approximate surface area is 118 Å². The van der Waals surface area contributed by atoms with E-state index in [-0.39, 0.29) is 5.91 Å². The maximum atomic E-state index is 12.1. The number of tetrazole rings is 1. The molecule has 0 radical (unpaired) electrons. The number of anilines is 1. The number of amides is 1. The van der Waals surface area contributed by atoms with Crippen LogP contribution in [-0.2, 0) is 0 Å². The lowest BCUT2D eigenvalue weighted by Crippen LogP contribution is -2.12. The number of nitrogens with one attached hydrogen (secondary N) is 1. The van der Waals surface area contributed by atoms with Crippen LogP contribution >= 0.6 is 11.3 Å². The second kappa shape index (κ2) is 5.17. The fraction of sp³-hybridized carbons (Fsp3) is 0.0833. The predicted molar refractivity (Wildman–Crippen MR) is 74.0 cm³/mol. The number of hydrogen-bond acceptors (Lipinski definition) is 6. The first-order valence-electron chi connectivity index (χ1n) is 5.79. The van der Waals surface area contributed by atoms with Gasteiger partial charge in [0.2, 0.25) is 0 Å². The summed E-state index contributed by atoms with van der Waals surface area (Å²) >= 11 is 1.43. The average Bonchev–Trinajstić information content (AvgIpc) is 3.11. The lowest BCUT2D eigenvalue weighted by atomic mass is 10.2. The van der Waals surface area contributed by atoms with Gasteiger partial charge in [0.25, 0.3) is 5.91 Å². The number of aryl methyl sites for hydroxylation is 1. The van der Waals surface area contributed by atoms with E-state index in [0.717, 1.165) is 10.6 Å². The lowest BCUT2D eigenvalue weighted by Gasteiger charge is -2.04. The lowest BCUT2D eigenvalue weighted by molar-refractivity contribution is 0.102. The third-order valence-corrected chi connectivity index (χ3v) is 3.39. The van der Waals surface area contributed by atoms with E-state index in [9.17, 15) is 4.79 Å². The first-order chi connectivity index (χ1) is 9.72. The second-order valence-electron chi connectivity index (χ2n) is 4.03. The summed E-state index contributed by atoms with van der Waals surface area (Å²) in [5.41, 5.74) is 1.24. The minimum atomic E-state index is -0.214. The van der Waals surface area contributed by atoms with Crippen LogP contribution in [0.3, 0.4) is 0 Å². The Kier molecular flexibility index (Phi) is 3.21. The molecule has 2 aromatic heterocycles. The molecule has 1 aromatic carbocycles. The van der Waals surface area contributed by atoms with Crippen LogP contribution in [0.5, 0.6) is 0 Å². The van der Waals surface area contributed by atoms with E-state index in [4.69, 9.17) is 0 Å². The molecule has 8 heteroatoms. The largest absolute Gasteiger partial charge is 0.298 e. The van der Waals surface area contributed by atoms with Gasteiger partial charge < -0.3 is 0 Å². The van der Waals surface area contributed by atoms with Crippen molar-refractivity contribution in [2.45, 2.75) is 6.92 Å². The van der Waals surface area contributed by atoms with E-state index < -0.39 is 0 Å². The molecular formula is C12H10N6OS. The molecule has 0 unspecified atom stereocenters. The van der Waals surface area contributed by atoms with E-state index in [1.807, 2.05) is 13.0 Å². The maximum Gasteiger partial charge on any atom is 0.257 e. The van der Waals surface area contributed by atoms with Crippen LogP contribution in [0, 0.1) is 6.92 Å². The normalized spacial score (nSPS) is 10.4. The molecule has 1 N–H and O–H groups in total. The number of aromatic nitrogens is 5. The quantitative estimate of drug-likeness (QED) is 0.791. The van der Waals surface area contributed by atoms with Crippen LogP contribution in [-0.4, -0.2) is 31.1 Å². The molecule has 3 rings (SSSR count). The number of nitrogens with zero attached hydrogens (tertiary/aromatic N) is 5. The smallest absolute Gasteiger partial charge is 0.257 e. The topological polar surface area (TPSA) is 85.6 Å². The Morgan fingerprint density at radius 3 is 3.00 bits per heavy atom. The first kappa shape index (κ1) is 12.4. The molecule has 0 aliphatic carbocycles. The summed E-state index contributed by atoms with van der Waals surface area (Å²) in [6, 6.07) is 7.04. The molecule has 0 saturated heterocycles. The van der Waals surface area contributed by atoms with Crippen molar-refractivity contribution >= 4 is 22.4 Å². The highest BCUT2D eigenvalue weighted by molar-refractivity contribution is 7.15. The summed E-state index contributed by atoms with van der Waals surface area (Å²) in [6.07, 6.45) is 3.19. The van der Waals surface area contributed by atoms with Crippen molar-refractivity contribution in [3.63, 3.8) is 0 Å². The molecule has 0 spiro atoms. The predicted octanol–water partition coefficient (Wildman–Crippen LogP) is 1.68. The number of carbonyl (C=O) groups is 1. The molecule has 0 aliphatic heterocycles. The monoisotopic (exact) mass is 286 g/mol. The van der Waals surface area contributed by atoms with Gasteiger partial charge >= 0.3 is 0 Å². The van der Waals surface area contributed by atoms with E-state index >= 15 is 0 Å². The first-order valence-corrected chi connectivity index (χ1v) is 6.61. The van der Waals surface area contributed by atoms with Gasteiger partial charge in [-0.3, -0.25) is 10.1 Å². The van der Waals surface area contributed by atoms with Crippen molar-refractivity contribution in [3.05, 3.63) is 47.2 Å². The van der Waals surface area contributed by atoms with Gasteiger partial charge in [-0.2, -0.15) is 0 Å². The number of benzene rings is 1. The molecular weight excluding hydrogens is 276 g/mol. The van der Waals surface area contributed by atoms with Crippen LogP contribution in [0.1, 0.15) is 15.2 Å². The SMILES string of the molecule is Cc1cnc(NC(=O)c2cccc(-n3cnnn3)c2)s1. The van der Waals surface area contributed by atoms with Crippen LogP contribution < -0.4 is 5.32 Å². The van der Waals surface area contributed by atoms with Gasteiger partial charge in [-0.15, -0.1) is 16.4 Å². The molecule has 3 aromatic rings. The Morgan fingerprint density at radius 2 is 2.30 bits per heavy atom. The molecule has 2 heterocycles. The number of hydrogen-bond donors (Lipinski definition) is 1. The van der Waals surface area contributed by atoms with E-state index in [1.165, 1.54) is 22.3 Å². The summed E-state index contributed by atoms with van der Waals surface area (Å²) in [4.78, 5) is 17.3. The Balaban J connectivity index is 1.83. The van der Waals surface area contributed by atoms with E-state index in [1.54, 1.807) is 24.4 Å². The van der Waals surface area contributed by atoms with Crippen molar-refractivity contribution in [1.82, 2.24) is 25.2 Å². The fourth-order valence-electron chi connectivity index (χ4n) is 1.65. The molecule has 100 valence electrons. The molecule has 0 fully saturated rings. The molecule has 0 saturated carbocycles. The third-order valence-electron chi connectivity index (χ3n) is 2.56. The van der Waals surface area contributed by atoms with Crippen molar-refractivity contribution in [2.75, 3.05) is 5.32 Å². The maximum absolute atomic E-state index is 12.1. The molecule has 7 nitrogen and oxygen atoms in total. The third kappa shape index (κ3) is 2.54. The average molecular weight is 286 g/mol. The van der Waals surface area contributed by atoms with Gasteiger partial charge in [0.1, 0.15) is 6.33 Å². The van der Waals surface area contributed by atoms with Gasteiger partial charge in [0, 0.05) is 16.6 Å². The fourth-order valence-corrected chi connectivity index (χ4v) is 2.31. The van der Waals surface area contributed by atoms with Gasteiger partial charge in [-0.25, -0.2) is 9.67 Å². The van der Waals surface area contributed by atoms with Crippen molar-refractivity contribution in [3.8, 4) is 5.69 Å². The number of carbonyl (C=O) groups excluding carboxylic acids is 1. The summed E-state index contributed by atoms with van der Waals surface area (Å²) in [5, 5.41) is 14.3. The summed E-state index contributed by atoms with van der Waals surface area (Å²) < 4.78 is 1.49. The molecule has 0 atom stereocenters. The zero-order chi connectivity index (χ0) is 13.9. The highest BCUT2D eigenvalue weighted by Gasteiger charge is 2.09. The van der Waals surface area contributed by atoms with Gasteiger partial charge in [-0.05, 0) is 35.5 Å². The van der Waals surface area contributed by atoms with Crippen LogP contribution in [0.15, 0.2) is 36.8 Å². The number of rotatable bonds is 3. The van der Waals surface area contributed by atoms with Crippen LogP contribution in [0.2, 0.25) is 0 Å². The van der Waals surface area contributed by atoms with E-state index in [2.05, 4.69) is 25.8 Å². The molecule has 0 aliphatic rings. The second-order valence-corrected chi connectivity index (χ2v) is 5.27. The van der Waals surface area contributed by atoms with Gasteiger partial charge in [0.05, 0.1) is 5.69 Å². The Hall–Kier alpha value is -2.61. The zero-order valence-corrected chi connectivity index (χ0v) is 11.3. The minimum Gasteiger partial charge on any atom is -0.298 e. The summed E-state index contributed by atoms with van der Waals surface area (Å²) in [6.45, 7) is 1.94. The molecule has 1 amide bonds. The highest BCUT2D eigenvalue weighted by atomic mass is 32.1. The van der Waals surface area contributed by atoms with Crippen LogP contribution in [0.4, 0.5) is 5.13 Å². The number of thiazole rings is 1. The Morgan fingerprint density at radius 1 is 1.40 bits per heavy atom. The van der Waals surface area contributed by atoms with E-state index in [0.29, 0.717) is 10.7 Å². The van der Waals surface area contributed by atoms with Crippen molar-refractivity contribution < 1.29 is 4.79 Å². The standard InChI is InChI=1S/C12H10N6OS/c1-8-6-13-12(20-8)15-11(19)9-3-2-4-10(5-9)18-7-14-16-17-18/h2-7H,1H3,(H,13,15,19). The van der Waals surface area contributed by atoms with Crippen molar-refractivity contribution in [1.29, 1.82) is 0 Å². The van der Waals surface area contributed by atoms with Gasteiger partial charge in [0.15, 0.2) is 5.13 Å². The summed E-state index contributed by atoms with van der Waals surface area (Å²) in [5.74, 6) is -0.214. The summed E-state index contributed by atoms with van der Waals surface area (Å²) in [7, 11) is 0. The van der Waals surface area contributed by atoms with Gasteiger partial charge in [-0.1, -0.05) is 6.07 Å².